The summed E-state index contributed by atoms with van der Waals surface area (Å²) >= 11 is 0. The topological polar surface area (TPSA) is 41.5 Å². The number of aliphatic hydroxyl groups excluding tert-OH is 1. The molecule has 2 N–H and O–H groups in total. The summed E-state index contributed by atoms with van der Waals surface area (Å²) in [7, 11) is 0. The molecule has 0 aromatic carbocycles. The van der Waals surface area contributed by atoms with Crippen molar-refractivity contribution in [2.45, 2.75) is 56.7 Å². The highest BCUT2D eigenvalue weighted by Gasteiger charge is 2.39. The van der Waals surface area contributed by atoms with E-state index in [1.54, 1.807) is 0 Å². The van der Waals surface area contributed by atoms with Crippen molar-refractivity contribution in [3.05, 3.63) is 0 Å². The highest BCUT2D eigenvalue weighted by molar-refractivity contribution is 4.98. The maximum atomic E-state index is 9.51. The van der Waals surface area contributed by atoms with Crippen LogP contribution >= 0.6 is 0 Å². The third-order valence-electron chi connectivity index (χ3n) is 3.40. The van der Waals surface area contributed by atoms with Gasteiger partial charge in [-0.1, -0.05) is 6.92 Å². The Balaban J connectivity index is 1.94. The van der Waals surface area contributed by atoms with E-state index in [0.717, 1.165) is 25.9 Å². The molecule has 2 rings (SSSR count). The van der Waals surface area contributed by atoms with E-state index in [4.69, 9.17) is 4.74 Å². The first-order valence-corrected chi connectivity index (χ1v) is 5.78. The molecule has 1 aliphatic heterocycles. The summed E-state index contributed by atoms with van der Waals surface area (Å²) in [6, 6.07) is 0.665. The molecule has 0 radical (unpaired) electrons. The Morgan fingerprint density at radius 3 is 2.86 bits per heavy atom. The van der Waals surface area contributed by atoms with E-state index in [1.807, 2.05) is 0 Å². The Morgan fingerprint density at radius 2 is 2.29 bits per heavy atom. The number of nitrogens with one attached hydrogen (secondary N) is 1. The summed E-state index contributed by atoms with van der Waals surface area (Å²) in [5, 5.41) is 13.1. The number of hydrogen-bond acceptors (Lipinski definition) is 3. The van der Waals surface area contributed by atoms with Crippen molar-refractivity contribution in [1.82, 2.24) is 5.32 Å². The summed E-state index contributed by atoms with van der Waals surface area (Å²) < 4.78 is 5.64. The van der Waals surface area contributed by atoms with Crippen molar-refractivity contribution >= 4 is 0 Å². The molecule has 0 bridgehead atoms. The van der Waals surface area contributed by atoms with Gasteiger partial charge in [0.25, 0.3) is 0 Å². The zero-order chi connectivity index (χ0) is 10.0. The van der Waals surface area contributed by atoms with Crippen LogP contribution in [0.3, 0.4) is 0 Å². The average molecular weight is 199 g/mol. The van der Waals surface area contributed by atoms with Gasteiger partial charge in [0.05, 0.1) is 12.7 Å². The van der Waals surface area contributed by atoms with Gasteiger partial charge in [-0.05, 0) is 32.1 Å². The molecular weight excluding hydrogens is 178 g/mol. The lowest BCUT2D eigenvalue weighted by Crippen LogP contribution is -2.55. The van der Waals surface area contributed by atoms with Crippen LogP contribution in [-0.4, -0.2) is 36.0 Å². The average Bonchev–Trinajstić information content (AvgIpc) is 3.02. The largest absolute Gasteiger partial charge is 0.394 e. The molecule has 2 atom stereocenters. The van der Waals surface area contributed by atoms with Crippen molar-refractivity contribution in [3.63, 3.8) is 0 Å². The number of hydrogen-bond donors (Lipinski definition) is 2. The Morgan fingerprint density at radius 1 is 1.50 bits per heavy atom. The number of rotatable bonds is 4. The van der Waals surface area contributed by atoms with Gasteiger partial charge in [0.15, 0.2) is 0 Å². The van der Waals surface area contributed by atoms with Gasteiger partial charge in [-0.15, -0.1) is 0 Å². The Hall–Kier alpha value is -0.120. The van der Waals surface area contributed by atoms with Gasteiger partial charge in [0.1, 0.15) is 0 Å². The van der Waals surface area contributed by atoms with Crippen molar-refractivity contribution in [2.75, 3.05) is 13.2 Å². The smallest absolute Gasteiger partial charge is 0.0615 e. The minimum absolute atomic E-state index is 0.0416. The molecule has 1 saturated carbocycles. The van der Waals surface area contributed by atoms with Gasteiger partial charge in [0.2, 0.25) is 0 Å². The summed E-state index contributed by atoms with van der Waals surface area (Å²) in [6.07, 6.45) is 5.86. The Kier molecular flexibility index (Phi) is 3.10. The second-order valence-electron chi connectivity index (χ2n) is 4.71. The van der Waals surface area contributed by atoms with E-state index < -0.39 is 0 Å². The van der Waals surface area contributed by atoms with Gasteiger partial charge in [0, 0.05) is 18.2 Å². The molecule has 1 heterocycles. The second-order valence-corrected chi connectivity index (χ2v) is 4.71. The minimum atomic E-state index is -0.0416. The highest BCUT2D eigenvalue weighted by Crippen LogP contribution is 2.31. The van der Waals surface area contributed by atoms with Crippen molar-refractivity contribution < 1.29 is 9.84 Å². The zero-order valence-corrected chi connectivity index (χ0v) is 8.96. The third-order valence-corrected chi connectivity index (χ3v) is 3.40. The molecule has 0 aromatic heterocycles. The highest BCUT2D eigenvalue weighted by atomic mass is 16.5. The lowest BCUT2D eigenvalue weighted by Gasteiger charge is -2.40. The van der Waals surface area contributed by atoms with Crippen LogP contribution in [0.4, 0.5) is 0 Å². The lowest BCUT2D eigenvalue weighted by atomic mass is 9.86. The van der Waals surface area contributed by atoms with Crippen molar-refractivity contribution in [2.24, 2.45) is 0 Å². The molecule has 14 heavy (non-hydrogen) atoms. The van der Waals surface area contributed by atoms with Gasteiger partial charge in [-0.2, -0.15) is 0 Å². The summed E-state index contributed by atoms with van der Waals surface area (Å²) in [5.74, 6) is 0. The van der Waals surface area contributed by atoms with E-state index in [0.29, 0.717) is 12.1 Å². The van der Waals surface area contributed by atoms with E-state index in [9.17, 15) is 5.11 Å². The van der Waals surface area contributed by atoms with Gasteiger partial charge >= 0.3 is 0 Å². The van der Waals surface area contributed by atoms with Crippen LogP contribution < -0.4 is 5.32 Å². The fraction of sp³-hybridized carbons (Fsp3) is 1.00. The maximum absolute atomic E-state index is 9.51. The van der Waals surface area contributed by atoms with Gasteiger partial charge in [-0.3, -0.25) is 0 Å². The molecule has 82 valence electrons. The van der Waals surface area contributed by atoms with Crippen LogP contribution in [-0.2, 0) is 4.74 Å². The number of ether oxygens (including phenoxy) is 1. The standard InChI is InChI=1S/C11H21NO2/c1-2-10-7-11(8-13,5-6-14-10)12-9-3-4-9/h9-10,12-13H,2-8H2,1H3. The maximum Gasteiger partial charge on any atom is 0.0615 e. The molecule has 2 fully saturated rings. The Bertz CT molecular complexity index is 194. The van der Waals surface area contributed by atoms with E-state index >= 15 is 0 Å². The molecule has 0 aromatic rings. The zero-order valence-electron chi connectivity index (χ0n) is 8.96. The van der Waals surface area contributed by atoms with Crippen LogP contribution in [0.15, 0.2) is 0 Å². The molecule has 3 nitrogen and oxygen atoms in total. The van der Waals surface area contributed by atoms with Crippen LogP contribution in [0.2, 0.25) is 0 Å². The molecule has 2 aliphatic rings. The van der Waals surface area contributed by atoms with Crippen LogP contribution in [0.5, 0.6) is 0 Å². The first-order chi connectivity index (χ1) is 6.78. The summed E-state index contributed by atoms with van der Waals surface area (Å²) in [4.78, 5) is 0. The first kappa shape index (κ1) is 10.4. The fourth-order valence-electron chi connectivity index (χ4n) is 2.26. The van der Waals surface area contributed by atoms with E-state index in [1.165, 1.54) is 12.8 Å². The minimum Gasteiger partial charge on any atom is -0.394 e. The van der Waals surface area contributed by atoms with Gasteiger partial charge in [-0.25, -0.2) is 0 Å². The fourth-order valence-corrected chi connectivity index (χ4v) is 2.26. The van der Waals surface area contributed by atoms with Crippen LogP contribution in [0, 0.1) is 0 Å². The predicted octanol–water partition coefficient (Wildman–Crippen LogP) is 1.06. The van der Waals surface area contributed by atoms with Crippen molar-refractivity contribution in [3.8, 4) is 0 Å². The Labute approximate surface area is 85.8 Å². The molecule has 2 unspecified atom stereocenters. The molecular formula is C11H21NO2. The van der Waals surface area contributed by atoms with Crippen LogP contribution in [0.25, 0.3) is 0 Å². The molecule has 3 heteroatoms. The molecule has 1 aliphatic carbocycles. The van der Waals surface area contributed by atoms with E-state index in [2.05, 4.69) is 12.2 Å². The normalized spacial score (nSPS) is 38.6. The monoisotopic (exact) mass is 199 g/mol. The van der Waals surface area contributed by atoms with Crippen molar-refractivity contribution in [1.29, 1.82) is 0 Å². The van der Waals surface area contributed by atoms with Crippen LogP contribution in [0.1, 0.15) is 39.0 Å². The second kappa shape index (κ2) is 4.17. The predicted molar refractivity (Wildman–Crippen MR) is 55.2 cm³/mol. The molecule has 0 amide bonds. The lowest BCUT2D eigenvalue weighted by molar-refractivity contribution is -0.0465. The third kappa shape index (κ3) is 2.27. The molecule has 1 saturated heterocycles. The summed E-state index contributed by atoms with van der Waals surface area (Å²) in [6.45, 7) is 3.19. The number of aliphatic hydroxyl groups is 1. The first-order valence-electron chi connectivity index (χ1n) is 5.78. The quantitative estimate of drug-likeness (QED) is 0.711. The SMILES string of the molecule is CCC1CC(CO)(NC2CC2)CCO1. The molecule has 0 spiro atoms. The van der Waals surface area contributed by atoms with E-state index in [-0.39, 0.29) is 12.1 Å². The van der Waals surface area contributed by atoms with Gasteiger partial charge < -0.3 is 15.2 Å². The summed E-state index contributed by atoms with van der Waals surface area (Å²) in [5.41, 5.74) is -0.0416.